The normalized spacial score (nSPS) is 18.9. The zero-order valence-electron chi connectivity index (χ0n) is 9.85. The summed E-state index contributed by atoms with van der Waals surface area (Å²) in [4.78, 5) is 11.5. The summed E-state index contributed by atoms with van der Waals surface area (Å²) in [7, 11) is 0. The molecule has 0 saturated carbocycles. The number of hydrogen-bond donors (Lipinski definition) is 0. The first-order valence-corrected chi connectivity index (χ1v) is 5.33. The monoisotopic (exact) mass is 210 g/mol. The fourth-order valence-electron chi connectivity index (χ4n) is 1.44. The third-order valence-electron chi connectivity index (χ3n) is 2.57. The van der Waals surface area contributed by atoms with Crippen molar-refractivity contribution in [1.29, 1.82) is 0 Å². The second kappa shape index (κ2) is 5.01. The first-order valence-electron chi connectivity index (χ1n) is 5.33. The molecule has 0 aromatic rings. The van der Waals surface area contributed by atoms with Crippen molar-refractivity contribution in [3.8, 4) is 0 Å². The molecule has 0 atom stereocenters. The first kappa shape index (κ1) is 11.8. The van der Waals surface area contributed by atoms with Gasteiger partial charge in [-0.15, -0.1) is 0 Å². The lowest BCUT2D eigenvalue weighted by Crippen LogP contribution is -2.07. The van der Waals surface area contributed by atoms with Gasteiger partial charge in [0.2, 0.25) is 0 Å². The summed E-state index contributed by atoms with van der Waals surface area (Å²) in [5.74, 6) is 1.32. The number of allylic oxidation sites excluding steroid dienone is 3. The molecule has 1 aliphatic heterocycles. The minimum atomic E-state index is -0.256. The van der Waals surface area contributed by atoms with E-state index < -0.39 is 0 Å². The van der Waals surface area contributed by atoms with E-state index in [0.29, 0.717) is 24.4 Å². The number of hydrogen-bond acceptors (Lipinski definition) is 3. The fourth-order valence-corrected chi connectivity index (χ4v) is 1.44. The molecular formula is C12H18O3. The van der Waals surface area contributed by atoms with Crippen LogP contribution in [0.15, 0.2) is 22.7 Å². The predicted molar refractivity (Wildman–Crippen MR) is 58.0 cm³/mol. The van der Waals surface area contributed by atoms with Crippen LogP contribution < -0.4 is 0 Å². The Hall–Kier alpha value is -1.25. The SMILES string of the molecule is CCOC(=O)C1=C(C)O/C(=C(\C)CC)C1. The van der Waals surface area contributed by atoms with Crippen LogP contribution in [0, 0.1) is 0 Å². The highest BCUT2D eigenvalue weighted by Crippen LogP contribution is 2.31. The lowest BCUT2D eigenvalue weighted by atomic mass is 10.1. The van der Waals surface area contributed by atoms with Gasteiger partial charge in [-0.05, 0) is 32.8 Å². The standard InChI is InChI=1S/C12H18O3/c1-5-8(3)11-7-10(9(4)15-11)12(13)14-6-2/h5-7H2,1-4H3/b11-8+. The maximum atomic E-state index is 11.5. The lowest BCUT2D eigenvalue weighted by Gasteiger charge is -2.03. The Bertz CT molecular complexity index is 324. The molecule has 0 radical (unpaired) electrons. The molecule has 0 saturated heterocycles. The number of esters is 1. The van der Waals surface area contributed by atoms with E-state index in [9.17, 15) is 4.79 Å². The molecule has 1 heterocycles. The van der Waals surface area contributed by atoms with Gasteiger partial charge in [0.05, 0.1) is 12.2 Å². The highest BCUT2D eigenvalue weighted by molar-refractivity contribution is 5.90. The molecule has 0 fully saturated rings. The Kier molecular flexibility index (Phi) is 3.95. The van der Waals surface area contributed by atoms with Gasteiger partial charge in [0.15, 0.2) is 0 Å². The van der Waals surface area contributed by atoms with Crippen LogP contribution in [0.1, 0.15) is 40.5 Å². The van der Waals surface area contributed by atoms with Gasteiger partial charge in [0.25, 0.3) is 0 Å². The van der Waals surface area contributed by atoms with Gasteiger partial charge in [-0.1, -0.05) is 6.92 Å². The molecule has 0 bridgehead atoms. The quantitative estimate of drug-likeness (QED) is 0.672. The smallest absolute Gasteiger partial charge is 0.337 e. The topological polar surface area (TPSA) is 35.5 Å². The summed E-state index contributed by atoms with van der Waals surface area (Å²) in [5.41, 5.74) is 1.84. The largest absolute Gasteiger partial charge is 0.466 e. The molecule has 3 heteroatoms. The van der Waals surface area contributed by atoms with Gasteiger partial charge in [0.1, 0.15) is 11.5 Å². The van der Waals surface area contributed by atoms with Gasteiger partial charge >= 0.3 is 5.97 Å². The Balaban J connectivity index is 2.78. The minimum Gasteiger partial charge on any atom is -0.466 e. The van der Waals surface area contributed by atoms with Crippen LogP contribution in [0.2, 0.25) is 0 Å². The minimum absolute atomic E-state index is 0.256. The molecule has 0 aromatic carbocycles. The van der Waals surface area contributed by atoms with E-state index in [1.54, 1.807) is 6.92 Å². The molecule has 3 nitrogen and oxygen atoms in total. The fraction of sp³-hybridized carbons (Fsp3) is 0.583. The van der Waals surface area contributed by atoms with Gasteiger partial charge in [0, 0.05) is 6.42 Å². The molecular weight excluding hydrogens is 192 g/mol. The summed E-state index contributed by atoms with van der Waals surface area (Å²) >= 11 is 0. The highest BCUT2D eigenvalue weighted by atomic mass is 16.5. The van der Waals surface area contributed by atoms with Crippen molar-refractivity contribution >= 4 is 5.97 Å². The van der Waals surface area contributed by atoms with Crippen LogP contribution in [0.3, 0.4) is 0 Å². The summed E-state index contributed by atoms with van der Waals surface area (Å²) in [6.45, 7) is 8.11. The van der Waals surface area contributed by atoms with E-state index in [-0.39, 0.29) is 5.97 Å². The maximum Gasteiger partial charge on any atom is 0.337 e. The summed E-state index contributed by atoms with van der Waals surface area (Å²) in [6.07, 6.45) is 1.52. The zero-order chi connectivity index (χ0) is 11.4. The van der Waals surface area contributed by atoms with E-state index in [1.807, 2.05) is 13.8 Å². The first-order chi connectivity index (χ1) is 7.10. The zero-order valence-corrected chi connectivity index (χ0v) is 9.85. The van der Waals surface area contributed by atoms with Gasteiger partial charge < -0.3 is 9.47 Å². The Morgan fingerprint density at radius 3 is 2.67 bits per heavy atom. The van der Waals surface area contributed by atoms with Crippen LogP contribution in [0.25, 0.3) is 0 Å². The summed E-state index contributed by atoms with van der Waals surface area (Å²) in [5, 5.41) is 0. The Morgan fingerprint density at radius 2 is 2.13 bits per heavy atom. The molecule has 0 aliphatic carbocycles. The molecule has 1 aliphatic rings. The van der Waals surface area contributed by atoms with Crippen molar-refractivity contribution in [1.82, 2.24) is 0 Å². The average molecular weight is 210 g/mol. The van der Waals surface area contributed by atoms with E-state index in [1.165, 1.54) is 5.57 Å². The predicted octanol–water partition coefficient (Wildman–Crippen LogP) is 2.93. The Labute approximate surface area is 90.8 Å². The Morgan fingerprint density at radius 1 is 1.47 bits per heavy atom. The molecule has 0 aromatic heterocycles. The third-order valence-corrected chi connectivity index (χ3v) is 2.57. The molecule has 15 heavy (non-hydrogen) atoms. The molecule has 0 spiro atoms. The van der Waals surface area contributed by atoms with Crippen molar-refractivity contribution in [3.63, 3.8) is 0 Å². The van der Waals surface area contributed by atoms with Gasteiger partial charge in [-0.2, -0.15) is 0 Å². The second-order valence-corrected chi connectivity index (χ2v) is 3.59. The van der Waals surface area contributed by atoms with E-state index >= 15 is 0 Å². The summed E-state index contributed by atoms with van der Waals surface area (Å²) < 4.78 is 10.5. The average Bonchev–Trinajstić information content (AvgIpc) is 2.59. The maximum absolute atomic E-state index is 11.5. The van der Waals surface area contributed by atoms with Crippen LogP contribution in [0.4, 0.5) is 0 Å². The number of rotatable bonds is 3. The van der Waals surface area contributed by atoms with Gasteiger partial charge in [-0.3, -0.25) is 0 Å². The van der Waals surface area contributed by atoms with Crippen molar-refractivity contribution < 1.29 is 14.3 Å². The molecule has 1 rings (SSSR count). The van der Waals surface area contributed by atoms with Crippen LogP contribution in [-0.4, -0.2) is 12.6 Å². The number of ether oxygens (including phenoxy) is 2. The van der Waals surface area contributed by atoms with Crippen molar-refractivity contribution in [2.45, 2.75) is 40.5 Å². The molecule has 84 valence electrons. The van der Waals surface area contributed by atoms with Crippen molar-refractivity contribution in [3.05, 3.63) is 22.7 Å². The van der Waals surface area contributed by atoms with Crippen LogP contribution >= 0.6 is 0 Å². The van der Waals surface area contributed by atoms with Gasteiger partial charge in [-0.25, -0.2) is 4.79 Å². The number of carbonyl (C=O) groups is 1. The molecule has 0 N–H and O–H groups in total. The van der Waals surface area contributed by atoms with Crippen LogP contribution in [-0.2, 0) is 14.3 Å². The van der Waals surface area contributed by atoms with Crippen molar-refractivity contribution in [2.24, 2.45) is 0 Å². The second-order valence-electron chi connectivity index (χ2n) is 3.59. The lowest BCUT2D eigenvalue weighted by molar-refractivity contribution is -0.138. The van der Waals surface area contributed by atoms with E-state index in [0.717, 1.165) is 12.2 Å². The third kappa shape index (κ3) is 2.61. The highest BCUT2D eigenvalue weighted by Gasteiger charge is 2.25. The molecule has 0 amide bonds. The van der Waals surface area contributed by atoms with E-state index in [4.69, 9.17) is 9.47 Å². The summed E-state index contributed by atoms with van der Waals surface area (Å²) in [6, 6.07) is 0. The van der Waals surface area contributed by atoms with Crippen molar-refractivity contribution in [2.75, 3.05) is 6.61 Å². The molecule has 0 unspecified atom stereocenters. The van der Waals surface area contributed by atoms with E-state index in [2.05, 4.69) is 6.92 Å². The number of carbonyl (C=O) groups excluding carboxylic acids is 1. The van der Waals surface area contributed by atoms with Crippen LogP contribution in [0.5, 0.6) is 0 Å².